The molecule has 0 aliphatic carbocycles. The first-order valence-corrected chi connectivity index (χ1v) is 7.87. The largest absolute Gasteiger partial charge is 0.368 e. The van der Waals surface area contributed by atoms with Gasteiger partial charge >= 0.3 is 0 Å². The van der Waals surface area contributed by atoms with E-state index in [1.165, 1.54) is 11.8 Å². The molecule has 1 unspecified atom stereocenters. The zero-order chi connectivity index (χ0) is 15.9. The second-order valence-corrected chi connectivity index (χ2v) is 6.30. The predicted octanol–water partition coefficient (Wildman–Crippen LogP) is 2.07. The van der Waals surface area contributed by atoms with Crippen molar-refractivity contribution in [2.45, 2.75) is 32.1 Å². The molecule has 0 saturated carbocycles. The van der Waals surface area contributed by atoms with Crippen molar-refractivity contribution in [1.29, 1.82) is 5.26 Å². The molecule has 6 nitrogen and oxygen atoms in total. The maximum atomic E-state index is 12.7. The van der Waals surface area contributed by atoms with Gasteiger partial charge in [-0.15, -0.1) is 11.8 Å². The van der Waals surface area contributed by atoms with Crippen LogP contribution in [0.25, 0.3) is 15.9 Å². The fourth-order valence-electron chi connectivity index (χ4n) is 2.60. The topological polar surface area (TPSA) is 97.6 Å². The fourth-order valence-corrected chi connectivity index (χ4v) is 3.61. The van der Waals surface area contributed by atoms with Gasteiger partial charge in [-0.1, -0.05) is 6.08 Å². The van der Waals surface area contributed by atoms with E-state index in [1.54, 1.807) is 4.57 Å². The highest BCUT2D eigenvalue weighted by Gasteiger charge is 2.22. The Morgan fingerprint density at radius 2 is 2.32 bits per heavy atom. The van der Waals surface area contributed by atoms with Crippen molar-refractivity contribution >= 4 is 33.6 Å². The number of thioether (sulfide) groups is 1. The molecule has 2 aromatic rings. The summed E-state index contributed by atoms with van der Waals surface area (Å²) in [6, 6.07) is 4.05. The number of nitrogens with zero attached hydrogens (tertiary/aromatic N) is 4. The van der Waals surface area contributed by atoms with E-state index in [0.29, 0.717) is 24.2 Å². The van der Waals surface area contributed by atoms with Gasteiger partial charge in [0.15, 0.2) is 0 Å². The second-order valence-electron chi connectivity index (χ2n) is 5.05. The number of hydrogen-bond acceptors (Lipinski definition) is 6. The van der Waals surface area contributed by atoms with E-state index in [0.717, 1.165) is 16.0 Å². The van der Waals surface area contributed by atoms with Gasteiger partial charge in [-0.3, -0.25) is 9.36 Å². The van der Waals surface area contributed by atoms with Crippen molar-refractivity contribution in [3.63, 3.8) is 0 Å². The molecule has 1 aliphatic heterocycles. The summed E-state index contributed by atoms with van der Waals surface area (Å²) in [4.78, 5) is 22.0. The van der Waals surface area contributed by atoms with Crippen molar-refractivity contribution in [1.82, 2.24) is 14.5 Å². The number of rotatable bonds is 2. The number of aryl methyl sites for hydroxylation is 2. The molecule has 0 spiro atoms. The molecule has 2 aromatic heterocycles. The number of nitrogen functional groups attached to an aromatic ring is 1. The van der Waals surface area contributed by atoms with E-state index in [1.807, 2.05) is 26.0 Å². The second kappa shape index (κ2) is 5.46. The molecule has 22 heavy (non-hydrogen) atoms. The van der Waals surface area contributed by atoms with Gasteiger partial charge in [0, 0.05) is 16.8 Å². The molecule has 0 fully saturated rings. The summed E-state index contributed by atoms with van der Waals surface area (Å²) >= 11 is 1.44. The Kier molecular flexibility index (Phi) is 3.62. The van der Waals surface area contributed by atoms with Crippen LogP contribution in [0.1, 0.15) is 24.6 Å². The molecular formula is C15H15N5OS. The molecule has 3 rings (SSSR count). The molecule has 1 atom stereocenters. The van der Waals surface area contributed by atoms with Crippen LogP contribution in [0, 0.1) is 18.3 Å². The lowest BCUT2D eigenvalue weighted by Gasteiger charge is -2.12. The average molecular weight is 313 g/mol. The Morgan fingerprint density at radius 1 is 1.55 bits per heavy atom. The van der Waals surface area contributed by atoms with Gasteiger partial charge in [0.2, 0.25) is 5.95 Å². The standard InChI is InChI=1S/C15H15N5OS/c1-3-20-13-10(8(2)18-15(17)19-13)6-11(14(20)21)12-5-4-9(7-16)22-12/h5-6,9H,3-4H2,1-2H3,(H2,17,18,19). The Labute approximate surface area is 131 Å². The molecule has 7 heteroatoms. The van der Waals surface area contributed by atoms with Crippen LogP contribution >= 0.6 is 11.8 Å². The number of pyridine rings is 1. The highest BCUT2D eigenvalue weighted by atomic mass is 32.2. The molecule has 0 aromatic carbocycles. The van der Waals surface area contributed by atoms with Crippen molar-refractivity contribution in [3.05, 3.63) is 33.8 Å². The van der Waals surface area contributed by atoms with E-state index >= 15 is 0 Å². The number of aromatic nitrogens is 3. The third-order valence-electron chi connectivity index (χ3n) is 3.67. The first-order valence-electron chi connectivity index (χ1n) is 6.99. The van der Waals surface area contributed by atoms with Gasteiger partial charge in [-0.2, -0.15) is 10.2 Å². The highest BCUT2D eigenvalue weighted by molar-refractivity contribution is 8.09. The summed E-state index contributed by atoms with van der Waals surface area (Å²) in [6.07, 6.45) is 2.62. The quantitative estimate of drug-likeness (QED) is 0.911. The molecule has 2 N–H and O–H groups in total. The summed E-state index contributed by atoms with van der Waals surface area (Å²) < 4.78 is 1.61. The lowest BCUT2D eigenvalue weighted by molar-refractivity contribution is 0.746. The van der Waals surface area contributed by atoms with E-state index in [4.69, 9.17) is 11.0 Å². The molecular weight excluding hydrogens is 298 g/mol. The van der Waals surface area contributed by atoms with Crippen LogP contribution in [-0.4, -0.2) is 19.8 Å². The molecule has 3 heterocycles. The molecule has 0 radical (unpaired) electrons. The smallest absolute Gasteiger partial charge is 0.260 e. The third kappa shape index (κ3) is 2.25. The van der Waals surface area contributed by atoms with Crippen LogP contribution in [-0.2, 0) is 6.54 Å². The first kappa shape index (κ1) is 14.6. The summed E-state index contributed by atoms with van der Waals surface area (Å²) in [5.74, 6) is 0.165. The maximum absolute atomic E-state index is 12.7. The molecule has 112 valence electrons. The highest BCUT2D eigenvalue weighted by Crippen LogP contribution is 2.38. The number of hydrogen-bond donors (Lipinski definition) is 1. The van der Waals surface area contributed by atoms with Crippen molar-refractivity contribution < 1.29 is 0 Å². The number of fused-ring (bicyclic) bond motifs is 1. The number of anilines is 1. The lowest BCUT2D eigenvalue weighted by atomic mass is 10.1. The third-order valence-corrected chi connectivity index (χ3v) is 4.89. The minimum Gasteiger partial charge on any atom is -0.368 e. The van der Waals surface area contributed by atoms with Gasteiger partial charge < -0.3 is 5.73 Å². The van der Waals surface area contributed by atoms with E-state index in [9.17, 15) is 4.79 Å². The fraction of sp³-hybridized carbons (Fsp3) is 0.333. The van der Waals surface area contributed by atoms with Gasteiger partial charge in [-0.05, 0) is 26.3 Å². The SMILES string of the molecule is CCn1c(=O)c(C2=CCC(C#N)S2)cc2c(C)nc(N)nc21. The van der Waals surface area contributed by atoms with E-state index in [2.05, 4.69) is 16.0 Å². The number of nitriles is 1. The van der Waals surface area contributed by atoms with Crippen LogP contribution in [0.15, 0.2) is 16.9 Å². The summed E-state index contributed by atoms with van der Waals surface area (Å²) in [5.41, 5.74) is 7.50. The lowest BCUT2D eigenvalue weighted by Crippen LogP contribution is -2.24. The molecule has 0 saturated heterocycles. The number of allylic oxidation sites excluding steroid dienone is 1. The van der Waals surface area contributed by atoms with Crippen molar-refractivity contribution in [2.24, 2.45) is 0 Å². The van der Waals surface area contributed by atoms with Crippen LogP contribution < -0.4 is 11.3 Å². The van der Waals surface area contributed by atoms with E-state index in [-0.39, 0.29) is 16.8 Å². The minimum absolute atomic E-state index is 0.107. The first-order chi connectivity index (χ1) is 10.5. The average Bonchev–Trinajstić information content (AvgIpc) is 2.95. The van der Waals surface area contributed by atoms with Gasteiger partial charge in [0.05, 0.1) is 22.6 Å². The van der Waals surface area contributed by atoms with Crippen LogP contribution in [0.5, 0.6) is 0 Å². The summed E-state index contributed by atoms with van der Waals surface area (Å²) in [7, 11) is 0. The summed E-state index contributed by atoms with van der Waals surface area (Å²) in [6.45, 7) is 4.24. The molecule has 1 aliphatic rings. The zero-order valence-corrected chi connectivity index (χ0v) is 13.1. The van der Waals surface area contributed by atoms with Crippen LogP contribution in [0.4, 0.5) is 5.95 Å². The molecule has 0 amide bonds. The zero-order valence-electron chi connectivity index (χ0n) is 12.3. The van der Waals surface area contributed by atoms with Crippen molar-refractivity contribution in [2.75, 3.05) is 5.73 Å². The Morgan fingerprint density at radius 3 is 2.95 bits per heavy atom. The Balaban J connectivity index is 2.28. The Bertz CT molecular complexity index is 893. The minimum atomic E-state index is -0.121. The maximum Gasteiger partial charge on any atom is 0.260 e. The van der Waals surface area contributed by atoms with Crippen molar-refractivity contribution in [3.8, 4) is 6.07 Å². The summed E-state index contributed by atoms with van der Waals surface area (Å²) in [5, 5.41) is 9.72. The van der Waals surface area contributed by atoms with Crippen LogP contribution in [0.2, 0.25) is 0 Å². The predicted molar refractivity (Wildman–Crippen MR) is 88.2 cm³/mol. The van der Waals surface area contributed by atoms with Gasteiger partial charge in [0.25, 0.3) is 5.56 Å². The Hall–Kier alpha value is -2.33. The van der Waals surface area contributed by atoms with Gasteiger partial charge in [0.1, 0.15) is 5.65 Å². The number of nitrogens with two attached hydrogens (primary N) is 1. The van der Waals surface area contributed by atoms with Gasteiger partial charge in [-0.25, -0.2) is 4.98 Å². The monoisotopic (exact) mass is 313 g/mol. The molecule has 0 bridgehead atoms. The normalized spacial score (nSPS) is 17.5. The van der Waals surface area contributed by atoms with Crippen LogP contribution in [0.3, 0.4) is 0 Å². The van der Waals surface area contributed by atoms with E-state index < -0.39 is 0 Å².